The molecule has 0 saturated heterocycles. The number of ether oxygens (including phenoxy) is 3. The summed E-state index contributed by atoms with van der Waals surface area (Å²) < 4.78 is 16.4. The van der Waals surface area contributed by atoms with E-state index in [1.165, 1.54) is 128 Å². The number of aryl methyl sites for hydroxylation is 1. The van der Waals surface area contributed by atoms with Crippen molar-refractivity contribution in [2.45, 2.75) is 261 Å². The summed E-state index contributed by atoms with van der Waals surface area (Å²) >= 11 is 12.5. The van der Waals surface area contributed by atoms with E-state index in [-0.39, 0.29) is 74.9 Å². The first-order chi connectivity index (χ1) is 33.4. The van der Waals surface area contributed by atoms with Crippen molar-refractivity contribution < 1.29 is 59.9 Å². The average Bonchev–Trinajstić information content (AvgIpc) is 3.30. The Morgan fingerprint density at radius 3 is 1.46 bits per heavy atom. The van der Waals surface area contributed by atoms with Crippen LogP contribution in [0.15, 0.2) is 36.4 Å². The van der Waals surface area contributed by atoms with Crippen molar-refractivity contribution in [3.05, 3.63) is 52.0 Å². The summed E-state index contributed by atoms with van der Waals surface area (Å²) in [7, 11) is 0. The van der Waals surface area contributed by atoms with Crippen LogP contribution < -0.4 is 4.74 Å². The van der Waals surface area contributed by atoms with Gasteiger partial charge in [0.15, 0.2) is 11.9 Å². The van der Waals surface area contributed by atoms with Gasteiger partial charge in [-0.25, -0.2) is 0 Å². The van der Waals surface area contributed by atoms with Crippen molar-refractivity contribution in [2.75, 3.05) is 19.8 Å². The summed E-state index contributed by atoms with van der Waals surface area (Å²) in [5.74, 6) is -1.12. The number of unbranched alkanes of at least 4 members (excludes halogenated alkanes) is 22. The molecule has 0 fully saturated rings. The van der Waals surface area contributed by atoms with Crippen LogP contribution in [0, 0.1) is 29.6 Å². The Morgan fingerprint density at radius 2 is 1.03 bits per heavy atom. The van der Waals surface area contributed by atoms with Crippen LogP contribution in [0.4, 0.5) is 0 Å². The molecule has 3 unspecified atom stereocenters. The smallest absolute Gasteiger partial charge is 0.311 e. The molecule has 1 aromatic carbocycles. The maximum atomic E-state index is 12.9. The van der Waals surface area contributed by atoms with E-state index in [1.807, 2.05) is 20.8 Å². The molecule has 1 aromatic rings. The first-order valence-electron chi connectivity index (χ1n) is 28.0. The molecule has 0 aliphatic heterocycles. The Labute approximate surface area is 459 Å². The van der Waals surface area contributed by atoms with Gasteiger partial charge in [0.2, 0.25) is 0 Å². The first kappa shape index (κ1) is 71.4. The normalized spacial score (nSPS) is 13.1. The van der Waals surface area contributed by atoms with Gasteiger partial charge in [0, 0.05) is 46.9 Å². The zero-order valence-corrected chi connectivity index (χ0v) is 51.0. The number of esters is 3. The summed E-state index contributed by atoms with van der Waals surface area (Å²) in [5, 5.41) is 19.0. The molecule has 0 radical (unpaired) electrons. The number of hydrogen-bond donors (Lipinski definition) is 2. The molecule has 8 nitrogen and oxygen atoms in total. The van der Waals surface area contributed by atoms with Crippen LogP contribution in [0.5, 0.6) is 5.75 Å². The Bertz CT molecular complexity index is 1500. The summed E-state index contributed by atoms with van der Waals surface area (Å²) in [6, 6.07) is 3.40. The third-order valence-corrected chi connectivity index (χ3v) is 14.7. The van der Waals surface area contributed by atoms with Crippen molar-refractivity contribution in [1.82, 2.24) is 0 Å². The predicted molar refractivity (Wildman–Crippen MR) is 296 cm³/mol. The van der Waals surface area contributed by atoms with Gasteiger partial charge in [-0.3, -0.25) is 14.4 Å². The minimum atomic E-state index is -0.907. The summed E-state index contributed by atoms with van der Waals surface area (Å²) in [5.41, 5.74) is 0.292. The van der Waals surface area contributed by atoms with Crippen molar-refractivity contribution in [2.24, 2.45) is 22.7 Å². The SMILES string of the molecule is CCCCCCCC/C=C\CCCCCCCC(=O)OCC(CO)OC(=O)CC(C)C(C)(C)C(C)(C)CC(C)CC(=O)Oc1c(Cl)cc(C)cc1Cl.CCCCCCCC/C=C\CCCCCCCO.[W]. The Hall–Kier alpha value is -1.70. The van der Waals surface area contributed by atoms with Crippen LogP contribution in [0.2, 0.25) is 10.0 Å². The van der Waals surface area contributed by atoms with Crippen LogP contribution >= 0.6 is 23.2 Å². The number of aliphatic hydroxyl groups is 2. The standard InChI is InChI=1S/C43H70Cl2O7.C17H34O.W/c1-9-10-11-12-13-14-15-16-17-18-19-20-21-22-23-24-38(47)50-31-35(30-46)51-40(49)28-34(4)43(7,8)42(5,6)29-33(3)27-39(48)52-41-36(44)25-32(2)26-37(41)45;1-2-3-4-5-6-7-8-9-10-11-12-13-14-15-16-17-18;/h16-17,25-26,33-35,46H,9-15,18-24,27-31H2,1-8H3;9-10,18H,2-8,11-17H2,1H3;/b17-16-;10-9-;. The number of aliphatic hydroxyl groups excluding tert-OH is 2. The monoisotopic (exact) mass is 1210 g/mol. The Balaban J connectivity index is 0. The fourth-order valence-electron chi connectivity index (χ4n) is 8.74. The van der Waals surface area contributed by atoms with Crippen LogP contribution in [-0.4, -0.2) is 54.0 Å². The second kappa shape index (κ2) is 45.7. The summed E-state index contributed by atoms with van der Waals surface area (Å²) in [6.07, 6.45) is 42.2. The maximum Gasteiger partial charge on any atom is 0.311 e. The molecule has 2 N–H and O–H groups in total. The molecule has 0 aromatic heterocycles. The van der Waals surface area contributed by atoms with E-state index in [0.717, 1.165) is 44.1 Å². The minimum Gasteiger partial charge on any atom is -0.462 e. The van der Waals surface area contributed by atoms with Crippen LogP contribution in [-0.2, 0) is 44.9 Å². The van der Waals surface area contributed by atoms with Gasteiger partial charge in [-0.15, -0.1) is 0 Å². The number of rotatable bonds is 42. The third-order valence-electron chi connectivity index (χ3n) is 14.2. The predicted octanol–water partition coefficient (Wildman–Crippen LogP) is 17.8. The number of halogens is 2. The molecule has 0 aliphatic rings. The van der Waals surface area contributed by atoms with E-state index >= 15 is 0 Å². The van der Waals surface area contributed by atoms with Crippen molar-refractivity contribution in [3.8, 4) is 5.75 Å². The van der Waals surface area contributed by atoms with Crippen molar-refractivity contribution in [1.29, 1.82) is 0 Å². The van der Waals surface area contributed by atoms with E-state index in [4.69, 9.17) is 42.5 Å². The van der Waals surface area contributed by atoms with Crippen molar-refractivity contribution in [3.63, 3.8) is 0 Å². The molecule has 1 rings (SSSR count). The van der Waals surface area contributed by atoms with Gasteiger partial charge in [-0.05, 0) is 118 Å². The summed E-state index contributed by atoms with van der Waals surface area (Å²) in [4.78, 5) is 38.0. The van der Waals surface area contributed by atoms with Crippen molar-refractivity contribution >= 4 is 41.1 Å². The van der Waals surface area contributed by atoms with Crippen LogP contribution in [0.1, 0.15) is 254 Å². The third kappa shape index (κ3) is 37.6. The number of allylic oxidation sites excluding steroid dienone is 4. The summed E-state index contributed by atoms with van der Waals surface area (Å²) in [6.45, 7) is 18.6. The van der Waals surface area contributed by atoms with Crippen LogP contribution in [0.25, 0.3) is 0 Å². The van der Waals surface area contributed by atoms with E-state index in [2.05, 4.69) is 65.8 Å². The zero-order valence-electron chi connectivity index (χ0n) is 46.5. The molecule has 0 bridgehead atoms. The minimum absolute atomic E-state index is 0. The molecule has 0 saturated carbocycles. The van der Waals surface area contributed by atoms with E-state index in [0.29, 0.717) is 29.5 Å². The first-order valence-corrected chi connectivity index (χ1v) is 28.7. The topological polar surface area (TPSA) is 119 Å². The molecule has 0 aliphatic carbocycles. The van der Waals surface area contributed by atoms with E-state index < -0.39 is 24.6 Å². The molecule has 0 heterocycles. The van der Waals surface area contributed by atoms with Gasteiger partial charge in [0.25, 0.3) is 0 Å². The fraction of sp³-hybridized carbons (Fsp3) is 0.783. The molecule has 0 amide bonds. The Kier molecular flexibility index (Phi) is 45.9. The van der Waals surface area contributed by atoms with Crippen LogP contribution in [0.3, 0.4) is 0 Å². The molecule has 71 heavy (non-hydrogen) atoms. The molecule has 412 valence electrons. The molecule has 0 spiro atoms. The van der Waals surface area contributed by atoms with E-state index in [9.17, 15) is 19.5 Å². The maximum absolute atomic E-state index is 12.9. The van der Waals surface area contributed by atoms with Gasteiger partial charge < -0.3 is 24.4 Å². The van der Waals surface area contributed by atoms with Gasteiger partial charge in [-0.1, -0.05) is 206 Å². The number of hydrogen-bond acceptors (Lipinski definition) is 8. The number of carbonyl (C=O) groups is 3. The second-order valence-corrected chi connectivity index (χ2v) is 22.2. The number of carbonyl (C=O) groups excluding carboxylic acids is 3. The largest absolute Gasteiger partial charge is 0.462 e. The van der Waals surface area contributed by atoms with Gasteiger partial charge in [0.1, 0.15) is 6.61 Å². The molecular formula is C60H104Cl2O8W. The van der Waals surface area contributed by atoms with E-state index in [1.54, 1.807) is 12.1 Å². The average molecular weight is 1210 g/mol. The second-order valence-electron chi connectivity index (χ2n) is 21.4. The zero-order chi connectivity index (χ0) is 52.5. The fourth-order valence-corrected chi connectivity index (χ4v) is 9.41. The quantitative estimate of drug-likeness (QED) is 0.0288. The van der Waals surface area contributed by atoms with Gasteiger partial charge in [0.05, 0.1) is 16.7 Å². The molecular weight excluding hydrogens is 1100 g/mol. The molecule has 3 atom stereocenters. The Morgan fingerprint density at radius 1 is 0.606 bits per heavy atom. The molecule has 11 heteroatoms. The van der Waals surface area contributed by atoms with Gasteiger partial charge >= 0.3 is 17.9 Å². The number of benzene rings is 1. The van der Waals surface area contributed by atoms with Gasteiger partial charge in [-0.2, -0.15) is 0 Å².